The highest BCUT2D eigenvalue weighted by Gasteiger charge is 2.31. The van der Waals surface area contributed by atoms with Gasteiger partial charge in [0.1, 0.15) is 0 Å². The van der Waals surface area contributed by atoms with E-state index in [1.807, 2.05) is 6.92 Å². The number of hydrogen-bond acceptors (Lipinski definition) is 3. The van der Waals surface area contributed by atoms with Crippen molar-refractivity contribution >= 4 is 21.4 Å². The van der Waals surface area contributed by atoms with Crippen LogP contribution >= 0.6 is 11.6 Å². The van der Waals surface area contributed by atoms with Gasteiger partial charge in [-0.3, -0.25) is 0 Å². The van der Waals surface area contributed by atoms with E-state index < -0.39 is 9.84 Å². The molecule has 0 aromatic carbocycles. The summed E-state index contributed by atoms with van der Waals surface area (Å²) in [5.74, 6) is 0.630. The summed E-state index contributed by atoms with van der Waals surface area (Å²) in [5, 5.41) is 0. The topological polar surface area (TPSA) is 60.2 Å². The zero-order valence-electron chi connectivity index (χ0n) is 8.24. The summed E-state index contributed by atoms with van der Waals surface area (Å²) in [6.07, 6.45) is 1.38. The first kappa shape index (κ1) is 12.0. The Morgan fingerprint density at radius 3 is 2.79 bits per heavy atom. The van der Waals surface area contributed by atoms with Gasteiger partial charge in [0.05, 0.1) is 11.5 Å². The summed E-state index contributed by atoms with van der Waals surface area (Å²) in [4.78, 5) is 0. The Balaban J connectivity index is 2.52. The smallest absolute Gasteiger partial charge is 0.150 e. The number of hydrogen-bond donors (Lipinski definition) is 1. The molecule has 0 saturated carbocycles. The fraction of sp³-hybridized carbons (Fsp3) is 0.778. The lowest BCUT2D eigenvalue weighted by molar-refractivity contribution is 0.460. The molecule has 1 fully saturated rings. The summed E-state index contributed by atoms with van der Waals surface area (Å²) in [6, 6.07) is -0.0812. The molecular formula is C9H16ClNO2S. The van der Waals surface area contributed by atoms with E-state index in [1.165, 1.54) is 5.54 Å². The molecule has 0 amide bonds. The highest BCUT2D eigenvalue weighted by Crippen LogP contribution is 2.23. The van der Waals surface area contributed by atoms with Gasteiger partial charge in [-0.1, -0.05) is 17.2 Å². The average Bonchev–Trinajstić information content (AvgIpc) is 2.46. The van der Waals surface area contributed by atoms with Crippen molar-refractivity contribution in [1.29, 1.82) is 0 Å². The molecule has 1 heterocycles. The quantitative estimate of drug-likeness (QED) is 0.805. The fourth-order valence-corrected chi connectivity index (χ4v) is 3.73. The largest absolute Gasteiger partial charge is 0.327 e. The molecule has 14 heavy (non-hydrogen) atoms. The van der Waals surface area contributed by atoms with Crippen LogP contribution in [-0.4, -0.2) is 26.0 Å². The number of rotatable bonds is 3. The molecule has 0 spiro atoms. The summed E-state index contributed by atoms with van der Waals surface area (Å²) in [7, 11) is -2.82. The maximum absolute atomic E-state index is 11.2. The van der Waals surface area contributed by atoms with Crippen LogP contribution in [-0.2, 0) is 9.84 Å². The van der Waals surface area contributed by atoms with Crippen molar-refractivity contribution in [3.05, 3.63) is 11.1 Å². The third kappa shape index (κ3) is 3.26. The van der Waals surface area contributed by atoms with E-state index in [1.54, 1.807) is 0 Å². The molecule has 0 bridgehead atoms. The van der Waals surface area contributed by atoms with E-state index in [0.717, 1.165) is 5.57 Å². The Hall–Kier alpha value is -0.0600. The van der Waals surface area contributed by atoms with Gasteiger partial charge in [0.25, 0.3) is 0 Å². The monoisotopic (exact) mass is 237 g/mol. The Labute approximate surface area is 90.2 Å². The molecule has 3 nitrogen and oxygen atoms in total. The van der Waals surface area contributed by atoms with Crippen LogP contribution in [0, 0.1) is 5.92 Å². The van der Waals surface area contributed by atoms with Crippen molar-refractivity contribution in [1.82, 2.24) is 0 Å². The zero-order valence-corrected chi connectivity index (χ0v) is 9.81. The van der Waals surface area contributed by atoms with Gasteiger partial charge in [0.15, 0.2) is 9.84 Å². The lowest BCUT2D eigenvalue weighted by Gasteiger charge is -2.17. The zero-order chi connectivity index (χ0) is 10.8. The predicted octanol–water partition coefficient (Wildman–Crippen LogP) is 1.28. The van der Waals surface area contributed by atoms with Crippen LogP contribution in [0.3, 0.4) is 0 Å². The Morgan fingerprint density at radius 1 is 1.71 bits per heavy atom. The Bertz CT molecular complexity index is 324. The molecule has 1 saturated heterocycles. The van der Waals surface area contributed by atoms with Crippen molar-refractivity contribution in [2.24, 2.45) is 11.7 Å². The van der Waals surface area contributed by atoms with Crippen LogP contribution in [0.25, 0.3) is 0 Å². The minimum atomic E-state index is -2.82. The maximum Gasteiger partial charge on any atom is 0.150 e. The molecule has 0 aromatic rings. The van der Waals surface area contributed by atoms with Gasteiger partial charge in [0.2, 0.25) is 0 Å². The standard InChI is InChI=1S/C9H16ClNO2S/c1-7(5-10)4-9(11)8-2-3-14(12,13)6-8/h5,8-9H,2-4,6,11H2,1H3/b7-5+. The third-order valence-electron chi connectivity index (χ3n) is 2.62. The second kappa shape index (κ2) is 4.64. The van der Waals surface area contributed by atoms with E-state index in [9.17, 15) is 8.42 Å². The molecule has 0 radical (unpaired) electrons. The van der Waals surface area contributed by atoms with Gasteiger partial charge < -0.3 is 5.73 Å². The van der Waals surface area contributed by atoms with E-state index >= 15 is 0 Å². The summed E-state index contributed by atoms with van der Waals surface area (Å²) in [5.41, 5.74) is 8.42. The van der Waals surface area contributed by atoms with Gasteiger partial charge in [-0.05, 0) is 25.7 Å². The van der Waals surface area contributed by atoms with Crippen LogP contribution in [0.5, 0.6) is 0 Å². The first-order valence-electron chi connectivity index (χ1n) is 4.66. The highest BCUT2D eigenvalue weighted by atomic mass is 35.5. The second-order valence-electron chi connectivity index (χ2n) is 3.99. The first-order chi connectivity index (χ1) is 6.44. The molecule has 1 aliphatic heterocycles. The molecule has 2 N–H and O–H groups in total. The lowest BCUT2D eigenvalue weighted by atomic mass is 9.95. The summed E-state index contributed by atoms with van der Waals surface area (Å²) in [6.45, 7) is 1.90. The van der Waals surface area contributed by atoms with E-state index in [4.69, 9.17) is 17.3 Å². The minimum absolute atomic E-state index is 0.0812. The van der Waals surface area contributed by atoms with Gasteiger partial charge in [0, 0.05) is 11.6 Å². The van der Waals surface area contributed by atoms with Crippen LogP contribution in [0.2, 0.25) is 0 Å². The van der Waals surface area contributed by atoms with E-state index in [0.29, 0.717) is 12.8 Å². The minimum Gasteiger partial charge on any atom is -0.327 e. The average molecular weight is 238 g/mol. The third-order valence-corrected chi connectivity index (χ3v) is 4.78. The van der Waals surface area contributed by atoms with Gasteiger partial charge in [-0.2, -0.15) is 0 Å². The predicted molar refractivity (Wildman–Crippen MR) is 59.0 cm³/mol. The normalized spacial score (nSPS) is 29.1. The van der Waals surface area contributed by atoms with Crippen LogP contribution in [0.4, 0.5) is 0 Å². The first-order valence-corrected chi connectivity index (χ1v) is 6.92. The molecule has 1 aliphatic rings. The molecule has 2 unspecified atom stereocenters. The van der Waals surface area contributed by atoms with Crippen LogP contribution < -0.4 is 5.73 Å². The van der Waals surface area contributed by atoms with Crippen LogP contribution in [0.1, 0.15) is 19.8 Å². The van der Waals surface area contributed by atoms with Crippen molar-refractivity contribution in [2.45, 2.75) is 25.8 Å². The summed E-state index contributed by atoms with van der Waals surface area (Å²) >= 11 is 5.52. The Kier molecular flexibility index (Phi) is 3.98. The van der Waals surface area contributed by atoms with Gasteiger partial charge in [-0.15, -0.1) is 0 Å². The maximum atomic E-state index is 11.2. The van der Waals surface area contributed by atoms with Crippen molar-refractivity contribution < 1.29 is 8.42 Å². The summed E-state index contributed by atoms with van der Waals surface area (Å²) < 4.78 is 22.4. The number of sulfone groups is 1. The molecule has 0 aromatic heterocycles. The number of nitrogens with two attached hydrogens (primary N) is 1. The van der Waals surface area contributed by atoms with Gasteiger partial charge >= 0.3 is 0 Å². The molecule has 2 atom stereocenters. The molecule has 82 valence electrons. The molecule has 0 aliphatic carbocycles. The molecule has 1 rings (SSSR count). The second-order valence-corrected chi connectivity index (χ2v) is 6.43. The van der Waals surface area contributed by atoms with E-state index in [2.05, 4.69) is 0 Å². The van der Waals surface area contributed by atoms with Crippen molar-refractivity contribution in [3.8, 4) is 0 Å². The molecular weight excluding hydrogens is 222 g/mol. The van der Waals surface area contributed by atoms with E-state index in [-0.39, 0.29) is 23.5 Å². The van der Waals surface area contributed by atoms with Crippen molar-refractivity contribution in [2.75, 3.05) is 11.5 Å². The SMILES string of the molecule is C/C(=C\Cl)CC(N)C1CCS(=O)(=O)C1. The Morgan fingerprint density at radius 2 is 2.36 bits per heavy atom. The number of halogens is 1. The molecule has 5 heteroatoms. The van der Waals surface area contributed by atoms with Crippen LogP contribution in [0.15, 0.2) is 11.1 Å². The van der Waals surface area contributed by atoms with Gasteiger partial charge in [-0.25, -0.2) is 8.42 Å². The van der Waals surface area contributed by atoms with Crippen molar-refractivity contribution in [3.63, 3.8) is 0 Å². The lowest BCUT2D eigenvalue weighted by Crippen LogP contribution is -2.31. The fourth-order valence-electron chi connectivity index (χ4n) is 1.74. The highest BCUT2D eigenvalue weighted by molar-refractivity contribution is 7.91.